The summed E-state index contributed by atoms with van der Waals surface area (Å²) < 4.78 is 10.2. The molecule has 108 valence electrons. The Morgan fingerprint density at radius 2 is 2.29 bits per heavy atom. The van der Waals surface area contributed by atoms with Crippen molar-refractivity contribution in [3.05, 3.63) is 36.2 Å². The van der Waals surface area contributed by atoms with Crippen LogP contribution in [0.25, 0.3) is 0 Å². The van der Waals surface area contributed by atoms with E-state index in [2.05, 4.69) is 10.3 Å². The third kappa shape index (κ3) is 2.45. The minimum Gasteiger partial charge on any atom is -0.461 e. The van der Waals surface area contributed by atoms with Crippen molar-refractivity contribution in [2.24, 2.45) is 0 Å². The Kier molecular flexibility index (Phi) is 3.31. The van der Waals surface area contributed by atoms with Crippen molar-refractivity contribution < 1.29 is 18.7 Å². The zero-order valence-electron chi connectivity index (χ0n) is 11.3. The van der Waals surface area contributed by atoms with E-state index in [0.717, 1.165) is 5.69 Å². The Balaban J connectivity index is 1.94. The zero-order valence-corrected chi connectivity index (χ0v) is 11.3. The smallest absolute Gasteiger partial charge is 0.360 e. The highest BCUT2D eigenvalue weighted by molar-refractivity contribution is 6.02. The highest BCUT2D eigenvalue weighted by atomic mass is 16.5. The highest BCUT2D eigenvalue weighted by Gasteiger charge is 2.27. The van der Waals surface area contributed by atoms with E-state index in [1.807, 2.05) is 18.2 Å². The van der Waals surface area contributed by atoms with Crippen LogP contribution in [0.5, 0.6) is 0 Å². The molecule has 1 aliphatic heterocycles. The molecule has 1 amide bonds. The number of carbonyl (C=O) groups is 2. The molecule has 0 spiro atoms. The SMILES string of the molecule is CCOC(=O)c1coc(N2CC(=O)Nc3ccccc32)n1. The van der Waals surface area contributed by atoms with E-state index >= 15 is 0 Å². The second-order valence-corrected chi connectivity index (χ2v) is 4.39. The molecule has 2 aromatic rings. The molecule has 0 radical (unpaired) electrons. The standard InChI is InChI=1S/C14H13N3O4/c1-2-20-13(19)10-8-21-14(16-10)17-7-12(18)15-9-5-3-4-6-11(9)17/h3-6,8H,2,7H2,1H3,(H,15,18). The van der Waals surface area contributed by atoms with Crippen LogP contribution in [0.4, 0.5) is 17.4 Å². The van der Waals surface area contributed by atoms with E-state index in [4.69, 9.17) is 9.15 Å². The van der Waals surface area contributed by atoms with Gasteiger partial charge in [0, 0.05) is 0 Å². The summed E-state index contributed by atoms with van der Waals surface area (Å²) >= 11 is 0. The lowest BCUT2D eigenvalue weighted by molar-refractivity contribution is -0.115. The van der Waals surface area contributed by atoms with Gasteiger partial charge in [-0.3, -0.25) is 9.69 Å². The average molecular weight is 287 g/mol. The molecule has 1 N–H and O–H groups in total. The minimum atomic E-state index is -0.553. The molecule has 0 bridgehead atoms. The van der Waals surface area contributed by atoms with E-state index < -0.39 is 5.97 Å². The van der Waals surface area contributed by atoms with Gasteiger partial charge in [-0.1, -0.05) is 12.1 Å². The first-order valence-corrected chi connectivity index (χ1v) is 6.48. The Hall–Kier alpha value is -2.83. The summed E-state index contributed by atoms with van der Waals surface area (Å²) in [5, 5.41) is 2.77. The quantitative estimate of drug-likeness (QED) is 0.868. The van der Waals surface area contributed by atoms with Crippen LogP contribution >= 0.6 is 0 Å². The van der Waals surface area contributed by atoms with Crippen molar-refractivity contribution in [2.45, 2.75) is 6.92 Å². The van der Waals surface area contributed by atoms with Gasteiger partial charge >= 0.3 is 12.0 Å². The fourth-order valence-corrected chi connectivity index (χ4v) is 2.09. The number of amides is 1. The monoisotopic (exact) mass is 287 g/mol. The van der Waals surface area contributed by atoms with E-state index in [9.17, 15) is 9.59 Å². The molecule has 0 fully saturated rings. The van der Waals surface area contributed by atoms with Crippen LogP contribution in [0, 0.1) is 0 Å². The van der Waals surface area contributed by atoms with Crippen molar-refractivity contribution in [1.82, 2.24) is 4.98 Å². The molecule has 0 saturated heterocycles. The van der Waals surface area contributed by atoms with Crippen LogP contribution in [0.15, 0.2) is 34.9 Å². The number of ether oxygens (including phenoxy) is 1. The molecule has 1 aromatic carbocycles. The molecule has 0 atom stereocenters. The molecular weight excluding hydrogens is 274 g/mol. The Morgan fingerprint density at radius 1 is 1.48 bits per heavy atom. The van der Waals surface area contributed by atoms with E-state index in [1.165, 1.54) is 6.26 Å². The van der Waals surface area contributed by atoms with Gasteiger partial charge in [-0.25, -0.2) is 4.79 Å². The summed E-state index contributed by atoms with van der Waals surface area (Å²) in [6, 6.07) is 7.47. The molecule has 21 heavy (non-hydrogen) atoms. The second kappa shape index (κ2) is 5.28. The van der Waals surface area contributed by atoms with Crippen LogP contribution in [0.3, 0.4) is 0 Å². The van der Waals surface area contributed by atoms with Gasteiger partial charge in [-0.2, -0.15) is 4.98 Å². The summed E-state index contributed by atoms with van der Waals surface area (Å²) in [6.07, 6.45) is 1.22. The van der Waals surface area contributed by atoms with Crippen LogP contribution < -0.4 is 10.2 Å². The van der Waals surface area contributed by atoms with Gasteiger partial charge in [0.1, 0.15) is 12.8 Å². The summed E-state index contributed by atoms with van der Waals surface area (Å²) in [7, 11) is 0. The first kappa shape index (κ1) is 13.2. The molecule has 1 aliphatic rings. The molecule has 0 aliphatic carbocycles. The fraction of sp³-hybridized carbons (Fsp3) is 0.214. The van der Waals surface area contributed by atoms with Gasteiger partial charge in [-0.15, -0.1) is 0 Å². The van der Waals surface area contributed by atoms with E-state index in [0.29, 0.717) is 5.69 Å². The number of carbonyl (C=O) groups excluding carboxylic acids is 2. The topological polar surface area (TPSA) is 84.7 Å². The zero-order chi connectivity index (χ0) is 14.8. The molecular formula is C14H13N3O4. The first-order chi connectivity index (χ1) is 10.2. The van der Waals surface area contributed by atoms with Crippen LogP contribution in [0.1, 0.15) is 17.4 Å². The van der Waals surface area contributed by atoms with Crippen molar-refractivity contribution in [3.63, 3.8) is 0 Å². The van der Waals surface area contributed by atoms with Crippen molar-refractivity contribution in [3.8, 4) is 0 Å². The molecule has 2 heterocycles. The van der Waals surface area contributed by atoms with Gasteiger partial charge in [0.15, 0.2) is 5.69 Å². The number of hydrogen-bond acceptors (Lipinski definition) is 6. The molecule has 0 unspecified atom stereocenters. The number of aromatic nitrogens is 1. The summed E-state index contributed by atoms with van der Waals surface area (Å²) in [5.74, 6) is -0.730. The number of esters is 1. The lowest BCUT2D eigenvalue weighted by Crippen LogP contribution is -2.35. The Labute approximate surface area is 120 Å². The molecule has 7 heteroatoms. The van der Waals surface area contributed by atoms with Crippen LogP contribution in [-0.4, -0.2) is 30.0 Å². The number of para-hydroxylation sites is 2. The lowest BCUT2D eigenvalue weighted by Gasteiger charge is -2.27. The predicted molar refractivity (Wildman–Crippen MR) is 74.5 cm³/mol. The number of anilines is 3. The van der Waals surface area contributed by atoms with E-state index in [-0.39, 0.29) is 30.8 Å². The molecule has 0 saturated carbocycles. The second-order valence-electron chi connectivity index (χ2n) is 4.39. The van der Waals surface area contributed by atoms with Crippen molar-refractivity contribution in [2.75, 3.05) is 23.4 Å². The maximum absolute atomic E-state index is 11.7. The predicted octanol–water partition coefficient (Wildman–Crippen LogP) is 1.94. The van der Waals surface area contributed by atoms with Gasteiger partial charge in [0.25, 0.3) is 0 Å². The third-order valence-corrected chi connectivity index (χ3v) is 2.98. The van der Waals surface area contributed by atoms with Crippen LogP contribution in [0.2, 0.25) is 0 Å². The maximum Gasteiger partial charge on any atom is 0.360 e. The number of fused-ring (bicyclic) bond motifs is 1. The maximum atomic E-state index is 11.7. The number of benzene rings is 1. The number of nitrogens with one attached hydrogen (secondary N) is 1. The van der Waals surface area contributed by atoms with Crippen molar-refractivity contribution >= 4 is 29.3 Å². The number of nitrogens with zero attached hydrogens (tertiary/aromatic N) is 2. The third-order valence-electron chi connectivity index (χ3n) is 2.98. The van der Waals surface area contributed by atoms with Gasteiger partial charge in [0.05, 0.1) is 18.0 Å². The minimum absolute atomic E-state index is 0.0692. The molecule has 1 aromatic heterocycles. The first-order valence-electron chi connectivity index (χ1n) is 6.48. The molecule has 7 nitrogen and oxygen atoms in total. The van der Waals surface area contributed by atoms with Gasteiger partial charge in [0.2, 0.25) is 5.91 Å². The normalized spacial score (nSPS) is 13.6. The largest absolute Gasteiger partial charge is 0.461 e. The molecule has 3 rings (SSSR count). The summed E-state index contributed by atoms with van der Waals surface area (Å²) in [5.41, 5.74) is 1.51. The van der Waals surface area contributed by atoms with Crippen LogP contribution in [-0.2, 0) is 9.53 Å². The number of rotatable bonds is 3. The Morgan fingerprint density at radius 3 is 3.10 bits per heavy atom. The van der Waals surface area contributed by atoms with Gasteiger partial charge in [-0.05, 0) is 19.1 Å². The van der Waals surface area contributed by atoms with Gasteiger partial charge < -0.3 is 14.5 Å². The van der Waals surface area contributed by atoms with Crippen molar-refractivity contribution in [1.29, 1.82) is 0 Å². The summed E-state index contributed by atoms with van der Waals surface area (Å²) in [4.78, 5) is 29.0. The lowest BCUT2D eigenvalue weighted by atomic mass is 10.2. The number of oxazole rings is 1. The van der Waals surface area contributed by atoms with E-state index in [1.54, 1.807) is 17.9 Å². The average Bonchev–Trinajstić information content (AvgIpc) is 2.96. The number of hydrogen-bond donors (Lipinski definition) is 1. The fourth-order valence-electron chi connectivity index (χ4n) is 2.09. The summed E-state index contributed by atoms with van der Waals surface area (Å²) in [6.45, 7) is 2.04. The Bertz CT molecular complexity index is 695. The highest BCUT2D eigenvalue weighted by Crippen LogP contribution is 2.34.